The van der Waals surface area contributed by atoms with Gasteiger partial charge in [0.25, 0.3) is 0 Å². The smallest absolute Gasteiger partial charge is 0.115 e. The molecule has 2 aromatic carbocycles. The van der Waals surface area contributed by atoms with Gasteiger partial charge in [-0.15, -0.1) is 0 Å². The lowest BCUT2D eigenvalue weighted by Crippen LogP contribution is -1.99. The third kappa shape index (κ3) is 2.82. The van der Waals surface area contributed by atoms with Gasteiger partial charge in [-0.2, -0.15) is 0 Å². The van der Waals surface area contributed by atoms with Crippen LogP contribution in [0.5, 0.6) is 11.5 Å². The van der Waals surface area contributed by atoms with Crippen molar-refractivity contribution in [2.75, 3.05) is 0 Å². The lowest BCUT2D eigenvalue weighted by atomic mass is 9.88. The van der Waals surface area contributed by atoms with Crippen molar-refractivity contribution in [2.45, 2.75) is 6.92 Å². The van der Waals surface area contributed by atoms with Crippen molar-refractivity contribution in [3.05, 3.63) is 89.5 Å². The van der Waals surface area contributed by atoms with Crippen LogP contribution in [0.25, 0.3) is 5.57 Å². The molecule has 1 aliphatic rings. The minimum atomic E-state index is 0.257. The monoisotopic (exact) mass is 290 g/mol. The maximum atomic E-state index is 9.52. The second-order valence-electron chi connectivity index (χ2n) is 5.45. The van der Waals surface area contributed by atoms with Crippen molar-refractivity contribution in [1.29, 1.82) is 0 Å². The van der Waals surface area contributed by atoms with Crippen LogP contribution >= 0.6 is 0 Å². The highest BCUT2D eigenvalue weighted by Gasteiger charge is 2.15. The predicted octanol–water partition coefficient (Wildman–Crippen LogP) is 4.66. The molecule has 110 valence electrons. The van der Waals surface area contributed by atoms with E-state index >= 15 is 0 Å². The average molecular weight is 290 g/mol. The Hall–Kier alpha value is -2.74. The van der Waals surface area contributed by atoms with E-state index in [2.05, 4.69) is 31.2 Å². The minimum absolute atomic E-state index is 0.257. The molecule has 0 saturated carbocycles. The van der Waals surface area contributed by atoms with Gasteiger partial charge in [0.2, 0.25) is 0 Å². The highest BCUT2D eigenvalue weighted by Crippen LogP contribution is 2.34. The zero-order chi connectivity index (χ0) is 15.5. The fourth-order valence-corrected chi connectivity index (χ4v) is 2.77. The van der Waals surface area contributed by atoms with Gasteiger partial charge < -0.3 is 10.2 Å². The maximum absolute atomic E-state index is 9.52. The Morgan fingerprint density at radius 1 is 0.727 bits per heavy atom. The van der Waals surface area contributed by atoms with Gasteiger partial charge in [0.15, 0.2) is 0 Å². The fraction of sp³-hybridized carbons (Fsp3) is 0.100. The fourth-order valence-electron chi connectivity index (χ4n) is 2.77. The molecule has 0 radical (unpaired) electrons. The normalized spacial score (nSPS) is 13.5. The molecule has 2 aromatic rings. The largest absolute Gasteiger partial charge is 0.508 e. The van der Waals surface area contributed by atoms with E-state index in [0.717, 1.165) is 16.7 Å². The summed E-state index contributed by atoms with van der Waals surface area (Å²) >= 11 is 0. The second-order valence-corrected chi connectivity index (χ2v) is 5.45. The Kier molecular flexibility index (Phi) is 3.84. The van der Waals surface area contributed by atoms with Crippen molar-refractivity contribution in [1.82, 2.24) is 0 Å². The molecule has 0 amide bonds. The molecule has 0 atom stereocenters. The van der Waals surface area contributed by atoms with E-state index < -0.39 is 0 Å². The van der Waals surface area contributed by atoms with Crippen LogP contribution in [-0.2, 0) is 0 Å². The minimum Gasteiger partial charge on any atom is -0.508 e. The highest BCUT2D eigenvalue weighted by molar-refractivity contribution is 5.83. The summed E-state index contributed by atoms with van der Waals surface area (Å²) in [6, 6.07) is 14.5. The summed E-state index contributed by atoms with van der Waals surface area (Å²) in [5, 5.41) is 19.0. The maximum Gasteiger partial charge on any atom is 0.115 e. The molecule has 3 rings (SSSR count). The molecule has 0 spiro atoms. The van der Waals surface area contributed by atoms with Gasteiger partial charge in [-0.05, 0) is 47.9 Å². The standard InChI is InChI=1S/C20H18O2/c1-14(15-4-2-3-5-15)20(16-6-10-18(21)11-7-16)17-8-12-19(22)13-9-17/h2-13,15,21-22H,1H3. The van der Waals surface area contributed by atoms with Crippen molar-refractivity contribution in [3.8, 4) is 11.5 Å². The number of rotatable bonds is 3. The number of hydrogen-bond acceptors (Lipinski definition) is 2. The Balaban J connectivity index is 2.15. The average Bonchev–Trinajstić information content (AvgIpc) is 3.05. The molecule has 0 fully saturated rings. The van der Waals surface area contributed by atoms with Gasteiger partial charge in [-0.25, -0.2) is 0 Å². The molecule has 0 bridgehead atoms. The zero-order valence-corrected chi connectivity index (χ0v) is 12.4. The van der Waals surface area contributed by atoms with Crippen molar-refractivity contribution < 1.29 is 10.2 Å². The van der Waals surface area contributed by atoms with Gasteiger partial charge in [0.05, 0.1) is 0 Å². The van der Waals surface area contributed by atoms with Crippen molar-refractivity contribution in [2.24, 2.45) is 5.92 Å². The third-order valence-corrected chi connectivity index (χ3v) is 3.95. The molecule has 0 saturated heterocycles. The van der Waals surface area contributed by atoms with Crippen LogP contribution in [0.1, 0.15) is 18.1 Å². The van der Waals surface area contributed by atoms with E-state index in [1.165, 1.54) is 5.57 Å². The lowest BCUT2D eigenvalue weighted by Gasteiger charge is -2.17. The summed E-state index contributed by atoms with van der Waals surface area (Å²) in [6.45, 7) is 2.12. The number of phenols is 2. The van der Waals surface area contributed by atoms with E-state index in [1.807, 2.05) is 24.3 Å². The van der Waals surface area contributed by atoms with Gasteiger partial charge in [0, 0.05) is 5.92 Å². The van der Waals surface area contributed by atoms with E-state index in [9.17, 15) is 10.2 Å². The molecule has 0 aliphatic heterocycles. The zero-order valence-electron chi connectivity index (χ0n) is 12.4. The molecule has 22 heavy (non-hydrogen) atoms. The van der Waals surface area contributed by atoms with Crippen LogP contribution in [0.4, 0.5) is 0 Å². The van der Waals surface area contributed by atoms with Crippen LogP contribution < -0.4 is 0 Å². The molecule has 1 aliphatic carbocycles. The van der Waals surface area contributed by atoms with Crippen LogP contribution in [-0.4, -0.2) is 10.2 Å². The van der Waals surface area contributed by atoms with Crippen LogP contribution in [0.3, 0.4) is 0 Å². The van der Waals surface area contributed by atoms with Gasteiger partial charge >= 0.3 is 0 Å². The Labute approximate surface area is 130 Å². The summed E-state index contributed by atoms with van der Waals surface area (Å²) in [5.74, 6) is 0.789. The van der Waals surface area contributed by atoms with Gasteiger partial charge in [-0.1, -0.05) is 54.1 Å². The topological polar surface area (TPSA) is 40.5 Å². The summed E-state index contributed by atoms with van der Waals surface area (Å²) in [6.07, 6.45) is 8.44. The molecular weight excluding hydrogens is 272 g/mol. The Morgan fingerprint density at radius 2 is 1.14 bits per heavy atom. The highest BCUT2D eigenvalue weighted by atomic mass is 16.3. The third-order valence-electron chi connectivity index (χ3n) is 3.95. The molecule has 2 heteroatoms. The summed E-state index contributed by atoms with van der Waals surface area (Å²) < 4.78 is 0. The Morgan fingerprint density at radius 3 is 1.55 bits per heavy atom. The van der Waals surface area contributed by atoms with Crippen LogP contribution in [0.15, 0.2) is 78.4 Å². The number of allylic oxidation sites excluding steroid dienone is 5. The lowest BCUT2D eigenvalue weighted by molar-refractivity contribution is 0.475. The van der Waals surface area contributed by atoms with Crippen LogP contribution in [0.2, 0.25) is 0 Å². The molecule has 0 unspecified atom stereocenters. The molecule has 0 aromatic heterocycles. The molecular formula is C20H18O2. The molecule has 2 N–H and O–H groups in total. The number of phenolic OH excluding ortho intramolecular Hbond substituents is 2. The Bertz CT molecular complexity index is 688. The van der Waals surface area contributed by atoms with Gasteiger partial charge in [0.1, 0.15) is 11.5 Å². The van der Waals surface area contributed by atoms with Gasteiger partial charge in [-0.3, -0.25) is 0 Å². The summed E-state index contributed by atoms with van der Waals surface area (Å²) in [5.41, 5.74) is 4.46. The predicted molar refractivity (Wildman–Crippen MR) is 89.7 cm³/mol. The SMILES string of the molecule is CC(=C(c1ccc(O)cc1)c1ccc(O)cc1)C1C=CC=C1. The summed E-state index contributed by atoms with van der Waals surface area (Å²) in [7, 11) is 0. The van der Waals surface area contributed by atoms with E-state index in [-0.39, 0.29) is 17.4 Å². The first-order chi connectivity index (χ1) is 10.6. The first kappa shape index (κ1) is 14.2. The van der Waals surface area contributed by atoms with Crippen LogP contribution in [0, 0.1) is 5.92 Å². The number of benzene rings is 2. The van der Waals surface area contributed by atoms with E-state index in [1.54, 1.807) is 24.3 Å². The number of hydrogen-bond donors (Lipinski definition) is 2. The summed E-state index contributed by atoms with van der Waals surface area (Å²) in [4.78, 5) is 0. The second kappa shape index (κ2) is 5.94. The van der Waals surface area contributed by atoms with E-state index in [4.69, 9.17) is 0 Å². The molecule has 2 nitrogen and oxygen atoms in total. The number of aromatic hydroxyl groups is 2. The van der Waals surface area contributed by atoms with E-state index in [0.29, 0.717) is 0 Å². The molecule has 0 heterocycles. The first-order valence-electron chi connectivity index (χ1n) is 7.30. The van der Waals surface area contributed by atoms with Crippen molar-refractivity contribution >= 4 is 5.57 Å². The first-order valence-corrected chi connectivity index (χ1v) is 7.30. The van der Waals surface area contributed by atoms with Crippen molar-refractivity contribution in [3.63, 3.8) is 0 Å². The quantitative estimate of drug-likeness (QED) is 0.863.